The molecule has 1 atom stereocenters. The van der Waals surface area contributed by atoms with Crippen LogP contribution in [0.4, 0.5) is 5.69 Å². The smallest absolute Gasteiger partial charge is 0.244 e. The fourth-order valence-corrected chi connectivity index (χ4v) is 1.33. The van der Waals surface area contributed by atoms with Gasteiger partial charge in [-0.15, -0.1) is 0 Å². The predicted octanol–water partition coefficient (Wildman–Crippen LogP) is 0.861. The molecule has 1 aromatic heterocycles. The Morgan fingerprint density at radius 1 is 1.73 bits per heavy atom. The highest BCUT2D eigenvalue weighted by atomic mass is 16.2. The van der Waals surface area contributed by atoms with E-state index in [-0.39, 0.29) is 11.9 Å². The van der Waals surface area contributed by atoms with Crippen LogP contribution in [0.1, 0.15) is 32.0 Å². The fraction of sp³-hybridized carbons (Fsp3) is 0.600. The highest BCUT2D eigenvalue weighted by molar-refractivity contribution is 5.79. The molecule has 0 radical (unpaired) electrons. The molecule has 1 amide bonds. The van der Waals surface area contributed by atoms with Gasteiger partial charge in [-0.2, -0.15) is 5.10 Å². The first-order valence-corrected chi connectivity index (χ1v) is 5.15. The van der Waals surface area contributed by atoms with Crippen LogP contribution in [0.5, 0.6) is 0 Å². The molecular weight excluding hydrogens is 192 g/mol. The minimum Gasteiger partial charge on any atom is -0.396 e. The summed E-state index contributed by atoms with van der Waals surface area (Å²) < 4.78 is 1.64. The molecular formula is C10H18N4O. The monoisotopic (exact) mass is 210 g/mol. The van der Waals surface area contributed by atoms with Crippen molar-refractivity contribution in [3.8, 4) is 0 Å². The zero-order valence-corrected chi connectivity index (χ0v) is 9.45. The van der Waals surface area contributed by atoms with Crippen LogP contribution >= 0.6 is 0 Å². The van der Waals surface area contributed by atoms with Gasteiger partial charge < -0.3 is 11.1 Å². The number of amides is 1. The van der Waals surface area contributed by atoms with Crippen LogP contribution < -0.4 is 11.1 Å². The van der Waals surface area contributed by atoms with Crippen molar-refractivity contribution >= 4 is 11.6 Å². The van der Waals surface area contributed by atoms with Gasteiger partial charge in [0.15, 0.2) is 0 Å². The summed E-state index contributed by atoms with van der Waals surface area (Å²) in [6.07, 6.45) is 2.50. The third-order valence-corrected chi connectivity index (χ3v) is 2.38. The fourth-order valence-electron chi connectivity index (χ4n) is 1.33. The molecule has 0 aliphatic heterocycles. The van der Waals surface area contributed by atoms with Crippen molar-refractivity contribution in [3.05, 3.63) is 11.9 Å². The zero-order valence-electron chi connectivity index (χ0n) is 9.45. The number of nitrogens with one attached hydrogen (secondary N) is 1. The van der Waals surface area contributed by atoms with E-state index in [1.807, 2.05) is 20.8 Å². The van der Waals surface area contributed by atoms with E-state index in [1.165, 1.54) is 0 Å². The highest BCUT2D eigenvalue weighted by Gasteiger charge is 2.17. The molecule has 0 fully saturated rings. The van der Waals surface area contributed by atoms with Crippen molar-refractivity contribution in [1.82, 2.24) is 15.1 Å². The first kappa shape index (κ1) is 11.6. The van der Waals surface area contributed by atoms with Gasteiger partial charge in [0.1, 0.15) is 6.04 Å². The molecule has 5 nitrogen and oxygen atoms in total. The van der Waals surface area contributed by atoms with Crippen molar-refractivity contribution in [1.29, 1.82) is 0 Å². The first-order chi connectivity index (χ1) is 7.07. The third kappa shape index (κ3) is 2.49. The summed E-state index contributed by atoms with van der Waals surface area (Å²) in [4.78, 5) is 11.7. The Morgan fingerprint density at radius 2 is 2.40 bits per heavy atom. The predicted molar refractivity (Wildman–Crippen MR) is 59.4 cm³/mol. The van der Waals surface area contributed by atoms with E-state index in [1.54, 1.807) is 10.9 Å². The van der Waals surface area contributed by atoms with Gasteiger partial charge in [-0.25, -0.2) is 0 Å². The number of carbonyl (C=O) groups excluding carboxylic acids is 1. The van der Waals surface area contributed by atoms with Gasteiger partial charge in [0.2, 0.25) is 5.91 Å². The van der Waals surface area contributed by atoms with Gasteiger partial charge in [-0.05, 0) is 20.3 Å². The van der Waals surface area contributed by atoms with Crippen LogP contribution in [0.15, 0.2) is 6.20 Å². The second-order valence-corrected chi connectivity index (χ2v) is 3.60. The number of anilines is 1. The van der Waals surface area contributed by atoms with E-state index in [9.17, 15) is 4.79 Å². The van der Waals surface area contributed by atoms with Crippen LogP contribution in [0.3, 0.4) is 0 Å². The Hall–Kier alpha value is -1.52. The van der Waals surface area contributed by atoms with E-state index in [2.05, 4.69) is 10.4 Å². The van der Waals surface area contributed by atoms with Crippen molar-refractivity contribution in [3.63, 3.8) is 0 Å². The van der Waals surface area contributed by atoms with Crippen LogP contribution in [0.25, 0.3) is 0 Å². The topological polar surface area (TPSA) is 72.9 Å². The van der Waals surface area contributed by atoms with Crippen LogP contribution in [0, 0.1) is 6.92 Å². The van der Waals surface area contributed by atoms with Crippen molar-refractivity contribution in [2.45, 2.75) is 33.2 Å². The molecule has 0 bridgehead atoms. The molecule has 0 saturated carbocycles. The molecule has 1 heterocycles. The average Bonchev–Trinajstić information content (AvgIpc) is 2.55. The molecule has 0 aliphatic carbocycles. The number of nitrogens with zero attached hydrogens (tertiary/aromatic N) is 2. The van der Waals surface area contributed by atoms with Crippen LogP contribution in [0.2, 0.25) is 0 Å². The molecule has 0 saturated heterocycles. The molecule has 1 aromatic rings. The minimum absolute atomic E-state index is 0.0250. The lowest BCUT2D eigenvalue weighted by molar-refractivity contribution is -0.124. The maximum Gasteiger partial charge on any atom is 0.244 e. The molecule has 15 heavy (non-hydrogen) atoms. The summed E-state index contributed by atoms with van der Waals surface area (Å²) in [5, 5.41) is 6.90. The Balaban J connectivity index is 2.71. The molecule has 84 valence electrons. The standard InChI is InChI=1S/C10H18N4O/c1-4-5-12-10(15)8(3)14-7(2)9(11)6-13-14/h6,8H,4-5,11H2,1-3H3,(H,12,15). The lowest BCUT2D eigenvalue weighted by Crippen LogP contribution is -2.32. The second-order valence-electron chi connectivity index (χ2n) is 3.60. The number of hydrogen-bond acceptors (Lipinski definition) is 3. The Bertz CT molecular complexity index is 345. The number of hydrogen-bond donors (Lipinski definition) is 2. The quantitative estimate of drug-likeness (QED) is 0.774. The van der Waals surface area contributed by atoms with E-state index < -0.39 is 0 Å². The van der Waals surface area contributed by atoms with Gasteiger partial charge in [0.05, 0.1) is 17.6 Å². The van der Waals surface area contributed by atoms with Gasteiger partial charge >= 0.3 is 0 Å². The van der Waals surface area contributed by atoms with E-state index in [0.717, 1.165) is 12.1 Å². The van der Waals surface area contributed by atoms with Gasteiger partial charge in [0.25, 0.3) is 0 Å². The summed E-state index contributed by atoms with van der Waals surface area (Å²) >= 11 is 0. The molecule has 0 aromatic carbocycles. The lowest BCUT2D eigenvalue weighted by Gasteiger charge is -2.13. The maximum absolute atomic E-state index is 11.7. The Kier molecular flexibility index (Phi) is 3.71. The molecule has 5 heteroatoms. The highest BCUT2D eigenvalue weighted by Crippen LogP contribution is 2.14. The van der Waals surface area contributed by atoms with E-state index in [0.29, 0.717) is 12.2 Å². The average molecular weight is 210 g/mol. The van der Waals surface area contributed by atoms with E-state index in [4.69, 9.17) is 5.73 Å². The first-order valence-electron chi connectivity index (χ1n) is 5.15. The summed E-state index contributed by atoms with van der Waals surface area (Å²) in [6, 6.07) is -0.311. The molecule has 3 N–H and O–H groups in total. The van der Waals surface area contributed by atoms with Crippen molar-refractivity contribution in [2.75, 3.05) is 12.3 Å². The number of rotatable bonds is 4. The summed E-state index contributed by atoms with van der Waals surface area (Å²) in [5.74, 6) is -0.0250. The largest absolute Gasteiger partial charge is 0.396 e. The number of nitrogens with two attached hydrogens (primary N) is 1. The van der Waals surface area contributed by atoms with Crippen molar-refractivity contribution in [2.24, 2.45) is 0 Å². The van der Waals surface area contributed by atoms with E-state index >= 15 is 0 Å². The SMILES string of the molecule is CCCNC(=O)C(C)n1ncc(N)c1C. The maximum atomic E-state index is 11.7. The number of aromatic nitrogens is 2. The minimum atomic E-state index is -0.311. The molecule has 1 rings (SSSR count). The Labute approximate surface area is 89.6 Å². The number of carbonyl (C=O) groups is 1. The third-order valence-electron chi connectivity index (χ3n) is 2.38. The van der Waals surface area contributed by atoms with Gasteiger partial charge in [0, 0.05) is 6.54 Å². The summed E-state index contributed by atoms with van der Waals surface area (Å²) in [6.45, 7) is 6.37. The molecule has 0 aliphatic rings. The number of nitrogen functional groups attached to an aromatic ring is 1. The normalized spacial score (nSPS) is 12.5. The second kappa shape index (κ2) is 4.82. The Morgan fingerprint density at radius 3 is 2.87 bits per heavy atom. The van der Waals surface area contributed by atoms with Crippen LogP contribution in [-0.4, -0.2) is 22.2 Å². The summed E-state index contributed by atoms with van der Waals surface area (Å²) in [5.41, 5.74) is 7.11. The van der Waals surface area contributed by atoms with Crippen LogP contribution in [-0.2, 0) is 4.79 Å². The van der Waals surface area contributed by atoms with Gasteiger partial charge in [-0.1, -0.05) is 6.92 Å². The summed E-state index contributed by atoms with van der Waals surface area (Å²) in [7, 11) is 0. The zero-order chi connectivity index (χ0) is 11.4. The molecule has 1 unspecified atom stereocenters. The lowest BCUT2D eigenvalue weighted by atomic mass is 10.3. The van der Waals surface area contributed by atoms with Crippen molar-refractivity contribution < 1.29 is 4.79 Å². The van der Waals surface area contributed by atoms with Gasteiger partial charge in [-0.3, -0.25) is 9.48 Å². The molecule has 0 spiro atoms.